The number of hydrogen-bond donors (Lipinski definition) is 1. The zero-order valence-corrected chi connectivity index (χ0v) is 21.5. The molecule has 1 heterocycles. The van der Waals surface area contributed by atoms with E-state index in [0.29, 0.717) is 79.1 Å². The Bertz CT molecular complexity index is 829. The van der Waals surface area contributed by atoms with E-state index in [9.17, 15) is 14.4 Å². The Hall–Kier alpha value is -2.67. The molecule has 0 bridgehead atoms. The maximum atomic E-state index is 11.9. The topological polar surface area (TPSA) is 122 Å². The van der Waals surface area contributed by atoms with Crippen molar-refractivity contribution >= 4 is 23.4 Å². The van der Waals surface area contributed by atoms with Crippen LogP contribution in [-0.4, -0.2) is 108 Å². The zero-order valence-electron chi connectivity index (χ0n) is 21.5. The van der Waals surface area contributed by atoms with Gasteiger partial charge in [-0.1, -0.05) is 12.1 Å². The second-order valence-corrected chi connectivity index (χ2v) is 8.00. The highest BCUT2D eigenvalue weighted by atomic mass is 16.6. The Morgan fingerprint density at radius 2 is 1.16 bits per heavy atom. The van der Waals surface area contributed by atoms with Gasteiger partial charge in [-0.05, 0) is 24.6 Å². The fraction of sp³-hybridized carbons (Fsp3) is 0.577. The molecule has 1 aromatic carbocycles. The van der Waals surface area contributed by atoms with E-state index in [1.54, 1.807) is 0 Å². The summed E-state index contributed by atoms with van der Waals surface area (Å²) in [6.45, 7) is 7.19. The molecular weight excluding hydrogens is 484 g/mol. The van der Waals surface area contributed by atoms with Gasteiger partial charge in [0.05, 0.1) is 92.2 Å². The summed E-state index contributed by atoms with van der Waals surface area (Å²) in [5.41, 5.74) is 1.88. The average molecular weight is 523 g/mol. The first-order chi connectivity index (χ1) is 18.1. The Labute approximate surface area is 218 Å². The molecule has 0 atom stereocenters. The monoisotopic (exact) mass is 522 g/mol. The number of ether oxygens (including phenoxy) is 6. The first-order valence-corrected chi connectivity index (χ1v) is 12.4. The molecule has 37 heavy (non-hydrogen) atoms. The third kappa shape index (κ3) is 14.6. The predicted octanol–water partition coefficient (Wildman–Crippen LogP) is 1.35. The minimum Gasteiger partial charge on any atom is -0.379 e. The van der Waals surface area contributed by atoms with Crippen LogP contribution in [0.5, 0.6) is 0 Å². The molecular formula is C26H38N2O9. The van der Waals surface area contributed by atoms with Crippen molar-refractivity contribution in [1.29, 1.82) is 0 Å². The van der Waals surface area contributed by atoms with Crippen molar-refractivity contribution in [3.05, 3.63) is 42.0 Å². The minimum absolute atomic E-state index is 0.0801. The summed E-state index contributed by atoms with van der Waals surface area (Å²) in [7, 11) is 0. The van der Waals surface area contributed by atoms with Crippen LogP contribution in [0.2, 0.25) is 0 Å². The Morgan fingerprint density at radius 3 is 1.65 bits per heavy atom. The van der Waals surface area contributed by atoms with Crippen LogP contribution in [0, 0.1) is 6.92 Å². The van der Waals surface area contributed by atoms with Crippen LogP contribution in [0.1, 0.15) is 12.0 Å². The number of hydrogen-bond acceptors (Lipinski definition) is 9. The van der Waals surface area contributed by atoms with E-state index in [-0.39, 0.29) is 30.9 Å². The number of rotatable bonds is 22. The van der Waals surface area contributed by atoms with E-state index in [1.165, 1.54) is 12.2 Å². The summed E-state index contributed by atoms with van der Waals surface area (Å²) in [6.07, 6.45) is 2.79. The highest BCUT2D eigenvalue weighted by Gasteiger charge is 2.22. The van der Waals surface area contributed by atoms with Crippen molar-refractivity contribution in [2.45, 2.75) is 13.3 Å². The van der Waals surface area contributed by atoms with Crippen molar-refractivity contribution in [3.8, 4) is 0 Å². The lowest BCUT2D eigenvalue weighted by Crippen LogP contribution is -2.33. The number of amides is 3. The molecule has 0 saturated heterocycles. The highest BCUT2D eigenvalue weighted by molar-refractivity contribution is 6.12. The summed E-state index contributed by atoms with van der Waals surface area (Å²) in [5.74, 6) is -0.697. The van der Waals surface area contributed by atoms with Gasteiger partial charge < -0.3 is 33.7 Å². The van der Waals surface area contributed by atoms with Crippen LogP contribution >= 0.6 is 0 Å². The van der Waals surface area contributed by atoms with Crippen LogP contribution < -0.4 is 5.32 Å². The predicted molar refractivity (Wildman–Crippen MR) is 135 cm³/mol. The van der Waals surface area contributed by atoms with Gasteiger partial charge in [0.2, 0.25) is 5.91 Å². The summed E-state index contributed by atoms with van der Waals surface area (Å²) in [5, 5.41) is 2.84. The number of carbonyl (C=O) groups is 3. The van der Waals surface area contributed by atoms with Gasteiger partial charge in [-0.3, -0.25) is 19.3 Å². The van der Waals surface area contributed by atoms with E-state index >= 15 is 0 Å². The quantitative estimate of drug-likeness (QED) is 0.178. The molecule has 206 valence electrons. The van der Waals surface area contributed by atoms with Gasteiger partial charge in [-0.2, -0.15) is 0 Å². The van der Waals surface area contributed by atoms with Crippen molar-refractivity contribution < 1.29 is 42.8 Å². The smallest absolute Gasteiger partial charge is 0.253 e. The number of imide groups is 1. The first kappa shape index (κ1) is 30.6. The van der Waals surface area contributed by atoms with Crippen LogP contribution in [0.3, 0.4) is 0 Å². The number of nitrogens with zero attached hydrogens (tertiary/aromatic N) is 1. The third-order valence-electron chi connectivity index (χ3n) is 5.00. The van der Waals surface area contributed by atoms with Gasteiger partial charge in [0, 0.05) is 17.8 Å². The average Bonchev–Trinajstić information content (AvgIpc) is 3.19. The van der Waals surface area contributed by atoms with E-state index in [2.05, 4.69) is 5.32 Å². The van der Waals surface area contributed by atoms with Gasteiger partial charge in [0.15, 0.2) is 0 Å². The van der Waals surface area contributed by atoms with E-state index in [4.69, 9.17) is 28.4 Å². The maximum Gasteiger partial charge on any atom is 0.253 e. The minimum atomic E-state index is -0.308. The third-order valence-corrected chi connectivity index (χ3v) is 5.00. The summed E-state index contributed by atoms with van der Waals surface area (Å²) in [4.78, 5) is 35.7. The fourth-order valence-electron chi connectivity index (χ4n) is 3.12. The van der Waals surface area contributed by atoms with Crippen molar-refractivity contribution in [2.75, 3.05) is 91.1 Å². The lowest BCUT2D eigenvalue weighted by atomic mass is 10.2. The van der Waals surface area contributed by atoms with E-state index < -0.39 is 0 Å². The largest absolute Gasteiger partial charge is 0.379 e. The van der Waals surface area contributed by atoms with E-state index in [0.717, 1.165) is 16.2 Å². The highest BCUT2D eigenvalue weighted by Crippen LogP contribution is 2.09. The fourth-order valence-corrected chi connectivity index (χ4v) is 3.12. The molecule has 0 saturated carbocycles. The molecule has 0 spiro atoms. The normalized spacial score (nSPS) is 13.1. The second-order valence-electron chi connectivity index (χ2n) is 8.00. The Morgan fingerprint density at radius 1 is 0.703 bits per heavy atom. The molecule has 0 fully saturated rings. The number of nitrogens with one attached hydrogen (secondary N) is 1. The van der Waals surface area contributed by atoms with Gasteiger partial charge in [-0.15, -0.1) is 0 Å². The molecule has 1 N–H and O–H groups in total. The van der Waals surface area contributed by atoms with Gasteiger partial charge in [0.1, 0.15) is 0 Å². The van der Waals surface area contributed by atoms with Gasteiger partial charge in [-0.25, -0.2) is 0 Å². The number of benzene rings is 1. The summed E-state index contributed by atoms with van der Waals surface area (Å²) < 4.78 is 32.4. The molecule has 0 unspecified atom stereocenters. The van der Waals surface area contributed by atoms with Crippen LogP contribution in [0.15, 0.2) is 36.4 Å². The molecule has 1 aliphatic heterocycles. The SMILES string of the molecule is Cc1cccc(NC(=O)CCOCCOCCOCCOCCOCCOCCN2C(=O)C=CC2=O)c1. The number of carbonyl (C=O) groups excluding carboxylic acids is 3. The Balaban J connectivity index is 1.24. The van der Waals surface area contributed by atoms with Crippen LogP contribution in [0.4, 0.5) is 5.69 Å². The molecule has 11 heteroatoms. The molecule has 1 aromatic rings. The molecule has 11 nitrogen and oxygen atoms in total. The molecule has 0 aliphatic carbocycles. The lowest BCUT2D eigenvalue weighted by Gasteiger charge is -2.13. The summed E-state index contributed by atoms with van der Waals surface area (Å²) >= 11 is 0. The van der Waals surface area contributed by atoms with Gasteiger partial charge in [0.25, 0.3) is 11.8 Å². The zero-order chi connectivity index (χ0) is 26.6. The second kappa shape index (κ2) is 19.4. The van der Waals surface area contributed by atoms with E-state index in [1.807, 2.05) is 31.2 Å². The van der Waals surface area contributed by atoms with Gasteiger partial charge >= 0.3 is 0 Å². The van der Waals surface area contributed by atoms with Crippen molar-refractivity contribution in [1.82, 2.24) is 4.90 Å². The van der Waals surface area contributed by atoms with Crippen molar-refractivity contribution in [2.24, 2.45) is 0 Å². The summed E-state index contributed by atoms with van der Waals surface area (Å²) in [6, 6.07) is 7.66. The lowest BCUT2D eigenvalue weighted by molar-refractivity contribution is -0.137. The molecule has 3 amide bonds. The van der Waals surface area contributed by atoms with Crippen molar-refractivity contribution in [3.63, 3.8) is 0 Å². The number of aryl methyl sites for hydroxylation is 1. The molecule has 0 radical (unpaired) electrons. The van der Waals surface area contributed by atoms with Crippen LogP contribution in [0.25, 0.3) is 0 Å². The molecule has 0 aromatic heterocycles. The molecule has 1 aliphatic rings. The maximum absolute atomic E-state index is 11.9. The van der Waals surface area contributed by atoms with Crippen LogP contribution in [-0.2, 0) is 42.8 Å². The Kier molecular flexibility index (Phi) is 16.1. The number of anilines is 1. The standard InChI is InChI=1S/C26H38N2O9/c1-22-3-2-4-23(21-22)27-24(29)7-9-32-11-13-34-15-17-36-19-20-37-18-16-35-14-12-33-10-8-28-25(30)5-6-26(28)31/h2-6,21H,7-20H2,1H3,(H,27,29). The molecule has 2 rings (SSSR count). The first-order valence-electron chi connectivity index (χ1n) is 12.4.